The molecule has 3 unspecified atom stereocenters. The summed E-state index contributed by atoms with van der Waals surface area (Å²) in [6.45, 7) is 11.7. The monoisotopic (exact) mass is 213 g/mol. The van der Waals surface area contributed by atoms with Gasteiger partial charge in [0, 0.05) is 5.54 Å². The molecule has 0 aromatic rings. The van der Waals surface area contributed by atoms with Crippen LogP contribution in [-0.2, 0) is 0 Å². The van der Waals surface area contributed by atoms with Crippen LogP contribution < -0.4 is 5.73 Å². The second kappa shape index (κ2) is 3.21. The van der Waals surface area contributed by atoms with Crippen LogP contribution in [0.1, 0.15) is 53.9 Å². The Morgan fingerprint density at radius 2 is 1.73 bits per heavy atom. The quantitative estimate of drug-likeness (QED) is 0.714. The molecule has 3 rings (SSSR count). The third-order valence-corrected chi connectivity index (χ3v) is 5.72. The molecule has 3 aliphatic rings. The molecule has 2 nitrogen and oxygen atoms in total. The average molecular weight is 213 g/mol. The summed E-state index contributed by atoms with van der Waals surface area (Å²) in [6, 6.07) is 0. The first-order chi connectivity index (χ1) is 6.19. The topological polar surface area (TPSA) is 57.5 Å². The lowest BCUT2D eigenvalue weighted by Crippen LogP contribution is -2.65. The number of nitrogens with two attached hydrogens (primary N) is 1. The highest BCUT2D eigenvalue weighted by atomic mass is 16.0. The molecule has 3 saturated carbocycles. The standard InChI is InChI=1S/C13H25N.H2O/c1-11(2)9-6-7-13(5,10(11)8-9)12(3,4)14;/h9-10H,6-8,14H2,1-5H3;1H2. The van der Waals surface area contributed by atoms with Gasteiger partial charge in [-0.15, -0.1) is 0 Å². The smallest absolute Gasteiger partial charge is 0.0154 e. The molecule has 2 bridgehead atoms. The Hall–Kier alpha value is -0.0800. The summed E-state index contributed by atoms with van der Waals surface area (Å²) < 4.78 is 0. The van der Waals surface area contributed by atoms with Gasteiger partial charge in [-0.1, -0.05) is 20.8 Å². The average Bonchev–Trinajstić information content (AvgIpc) is 2.01. The second-order valence-electron chi connectivity index (χ2n) is 6.98. The van der Waals surface area contributed by atoms with Crippen LogP contribution >= 0.6 is 0 Å². The van der Waals surface area contributed by atoms with Gasteiger partial charge in [0.1, 0.15) is 0 Å². The predicted octanol–water partition coefficient (Wildman–Crippen LogP) is 2.36. The maximum atomic E-state index is 6.38. The van der Waals surface area contributed by atoms with Gasteiger partial charge < -0.3 is 11.2 Å². The molecule has 0 aromatic carbocycles. The van der Waals surface area contributed by atoms with Gasteiger partial charge in [0.15, 0.2) is 0 Å². The largest absolute Gasteiger partial charge is 0.412 e. The van der Waals surface area contributed by atoms with Crippen molar-refractivity contribution in [3.05, 3.63) is 0 Å². The van der Waals surface area contributed by atoms with E-state index in [0.29, 0.717) is 10.8 Å². The van der Waals surface area contributed by atoms with E-state index in [4.69, 9.17) is 5.73 Å². The Labute approximate surface area is 93.9 Å². The van der Waals surface area contributed by atoms with Crippen molar-refractivity contribution in [3.63, 3.8) is 0 Å². The molecule has 3 fully saturated rings. The Morgan fingerprint density at radius 1 is 1.20 bits per heavy atom. The maximum absolute atomic E-state index is 6.38. The molecule has 0 saturated heterocycles. The van der Waals surface area contributed by atoms with E-state index in [1.165, 1.54) is 19.3 Å². The van der Waals surface area contributed by atoms with Gasteiger partial charge >= 0.3 is 0 Å². The van der Waals surface area contributed by atoms with Crippen LogP contribution in [0.15, 0.2) is 0 Å². The van der Waals surface area contributed by atoms with Gasteiger partial charge in [0.2, 0.25) is 0 Å². The molecular formula is C13H27NO. The first kappa shape index (κ1) is 13.0. The molecule has 2 heteroatoms. The molecule has 0 aliphatic heterocycles. The highest BCUT2D eigenvalue weighted by Crippen LogP contribution is 2.68. The SMILES string of the molecule is CC1(C)C2CCC(C)(C(C)(C)N)C1C2.O. The normalized spacial score (nSPS) is 42.8. The molecular weight excluding hydrogens is 186 g/mol. The molecule has 90 valence electrons. The highest BCUT2D eigenvalue weighted by Gasteiger charge is 2.62. The third-order valence-electron chi connectivity index (χ3n) is 5.72. The molecule has 3 aliphatic carbocycles. The van der Waals surface area contributed by atoms with E-state index in [-0.39, 0.29) is 11.0 Å². The van der Waals surface area contributed by atoms with Crippen molar-refractivity contribution in [2.75, 3.05) is 0 Å². The molecule has 15 heavy (non-hydrogen) atoms. The number of hydrogen-bond donors (Lipinski definition) is 1. The van der Waals surface area contributed by atoms with Crippen molar-refractivity contribution in [1.29, 1.82) is 0 Å². The molecule has 0 spiro atoms. The Bertz CT molecular complexity index is 249. The Kier molecular flexibility index (Phi) is 2.78. The van der Waals surface area contributed by atoms with Crippen LogP contribution in [0.4, 0.5) is 0 Å². The summed E-state index contributed by atoms with van der Waals surface area (Å²) in [5.74, 6) is 1.82. The van der Waals surface area contributed by atoms with Crippen LogP contribution in [0.5, 0.6) is 0 Å². The highest BCUT2D eigenvalue weighted by molar-refractivity contribution is 5.13. The van der Waals surface area contributed by atoms with Crippen LogP contribution in [0.2, 0.25) is 0 Å². The molecule has 0 amide bonds. The first-order valence-corrected chi connectivity index (χ1v) is 5.98. The number of fused-ring (bicyclic) bond motifs is 2. The fourth-order valence-electron chi connectivity index (χ4n) is 4.01. The Morgan fingerprint density at radius 3 is 2.00 bits per heavy atom. The van der Waals surface area contributed by atoms with E-state index >= 15 is 0 Å². The molecule has 0 aromatic heterocycles. The maximum Gasteiger partial charge on any atom is 0.0154 e. The summed E-state index contributed by atoms with van der Waals surface area (Å²) in [5.41, 5.74) is 7.25. The predicted molar refractivity (Wildman–Crippen MR) is 64.6 cm³/mol. The Balaban J connectivity index is 0.00000112. The van der Waals surface area contributed by atoms with Gasteiger partial charge in [-0.2, -0.15) is 0 Å². The van der Waals surface area contributed by atoms with Crippen molar-refractivity contribution < 1.29 is 5.48 Å². The van der Waals surface area contributed by atoms with Gasteiger partial charge in [-0.25, -0.2) is 0 Å². The molecule has 3 atom stereocenters. The summed E-state index contributed by atoms with van der Waals surface area (Å²) >= 11 is 0. The number of hydrogen-bond acceptors (Lipinski definition) is 1. The molecule has 0 radical (unpaired) electrons. The van der Waals surface area contributed by atoms with Gasteiger partial charge in [0.25, 0.3) is 0 Å². The van der Waals surface area contributed by atoms with Crippen molar-refractivity contribution >= 4 is 0 Å². The van der Waals surface area contributed by atoms with E-state index in [9.17, 15) is 0 Å². The summed E-state index contributed by atoms with van der Waals surface area (Å²) in [5, 5.41) is 0. The lowest BCUT2D eigenvalue weighted by Gasteiger charge is -2.67. The van der Waals surface area contributed by atoms with Crippen molar-refractivity contribution in [2.24, 2.45) is 28.4 Å². The van der Waals surface area contributed by atoms with E-state index in [0.717, 1.165) is 11.8 Å². The van der Waals surface area contributed by atoms with Crippen LogP contribution in [0.25, 0.3) is 0 Å². The van der Waals surface area contributed by atoms with E-state index < -0.39 is 0 Å². The van der Waals surface area contributed by atoms with Crippen molar-refractivity contribution in [2.45, 2.75) is 59.4 Å². The van der Waals surface area contributed by atoms with Crippen LogP contribution in [-0.4, -0.2) is 11.0 Å². The minimum absolute atomic E-state index is 0. The van der Waals surface area contributed by atoms with Crippen LogP contribution in [0, 0.1) is 22.7 Å². The second-order valence-corrected chi connectivity index (χ2v) is 6.98. The lowest BCUT2D eigenvalue weighted by molar-refractivity contribution is -0.172. The lowest BCUT2D eigenvalue weighted by atomic mass is 9.38. The summed E-state index contributed by atoms with van der Waals surface area (Å²) in [7, 11) is 0. The molecule has 0 heterocycles. The van der Waals surface area contributed by atoms with Gasteiger partial charge in [-0.3, -0.25) is 0 Å². The molecule has 4 N–H and O–H groups in total. The third kappa shape index (κ3) is 1.45. The van der Waals surface area contributed by atoms with E-state index in [1.54, 1.807) is 0 Å². The van der Waals surface area contributed by atoms with E-state index in [1.807, 2.05) is 0 Å². The number of rotatable bonds is 1. The van der Waals surface area contributed by atoms with Crippen molar-refractivity contribution in [3.8, 4) is 0 Å². The van der Waals surface area contributed by atoms with Gasteiger partial charge in [0.05, 0.1) is 0 Å². The summed E-state index contributed by atoms with van der Waals surface area (Å²) in [4.78, 5) is 0. The fraction of sp³-hybridized carbons (Fsp3) is 1.00. The van der Waals surface area contributed by atoms with E-state index in [2.05, 4.69) is 34.6 Å². The zero-order valence-corrected chi connectivity index (χ0v) is 10.9. The van der Waals surface area contributed by atoms with Crippen molar-refractivity contribution in [1.82, 2.24) is 0 Å². The minimum Gasteiger partial charge on any atom is -0.412 e. The first-order valence-electron chi connectivity index (χ1n) is 5.98. The van der Waals surface area contributed by atoms with Gasteiger partial charge in [-0.05, 0) is 55.8 Å². The zero-order valence-electron chi connectivity index (χ0n) is 10.9. The fourth-order valence-corrected chi connectivity index (χ4v) is 4.01. The summed E-state index contributed by atoms with van der Waals surface area (Å²) in [6.07, 6.45) is 4.14. The zero-order chi connectivity index (χ0) is 10.8. The minimum atomic E-state index is -0.0275. The van der Waals surface area contributed by atoms with Crippen LogP contribution in [0.3, 0.4) is 0 Å².